The van der Waals surface area contributed by atoms with Crippen molar-refractivity contribution in [1.82, 2.24) is 4.57 Å². The lowest BCUT2D eigenvalue weighted by molar-refractivity contribution is 0.0912. The topological polar surface area (TPSA) is 22.0 Å². The highest BCUT2D eigenvalue weighted by atomic mass is 35.5. The number of halogens is 1. The molecule has 0 atom stereocenters. The van der Waals surface area contributed by atoms with E-state index in [4.69, 9.17) is 11.6 Å². The lowest BCUT2D eigenvalue weighted by Crippen LogP contribution is -2.10. The maximum absolute atomic E-state index is 12.4. The second-order valence-corrected chi connectivity index (χ2v) is 4.93. The van der Waals surface area contributed by atoms with E-state index in [0.717, 1.165) is 21.8 Å². The molecule has 2 aromatic carbocycles. The third kappa shape index (κ3) is 2.02. The Morgan fingerprint density at radius 3 is 2.00 bits per heavy atom. The quantitative estimate of drug-likeness (QED) is 0.645. The van der Waals surface area contributed by atoms with Crippen LogP contribution in [0.4, 0.5) is 0 Å². The third-order valence-electron chi connectivity index (χ3n) is 3.35. The van der Waals surface area contributed by atoms with Crippen molar-refractivity contribution < 1.29 is 4.79 Å². The molecule has 0 spiro atoms. The van der Waals surface area contributed by atoms with Gasteiger partial charge in [-0.15, -0.1) is 11.6 Å². The molecule has 0 unspecified atom stereocenters. The van der Waals surface area contributed by atoms with Crippen LogP contribution in [0.15, 0.2) is 48.5 Å². The fourth-order valence-corrected chi connectivity index (χ4v) is 2.65. The molecule has 0 aliphatic rings. The van der Waals surface area contributed by atoms with E-state index < -0.39 is 0 Å². The van der Waals surface area contributed by atoms with Gasteiger partial charge in [-0.2, -0.15) is 0 Å². The van der Waals surface area contributed by atoms with Gasteiger partial charge in [0, 0.05) is 23.1 Å². The minimum Gasteiger partial charge on any atom is -0.280 e. The summed E-state index contributed by atoms with van der Waals surface area (Å²) in [5, 5.41) is 2.25. The molecular weight excluding hydrogens is 258 g/mol. The van der Waals surface area contributed by atoms with Gasteiger partial charge in [0.05, 0.1) is 11.0 Å². The molecule has 3 aromatic rings. The summed E-state index contributed by atoms with van der Waals surface area (Å²) < 4.78 is 1.82. The van der Waals surface area contributed by atoms with Gasteiger partial charge in [0.2, 0.25) is 5.91 Å². The zero-order valence-corrected chi connectivity index (χ0v) is 11.2. The van der Waals surface area contributed by atoms with E-state index in [1.807, 2.05) is 41.0 Å². The van der Waals surface area contributed by atoms with Crippen LogP contribution in [0.2, 0.25) is 0 Å². The standard InChI is InChI=1S/C16H14ClNO/c17-11-5-10-16(19)18-14-8-3-1-6-12(14)13-7-2-4-9-15(13)18/h1-4,6-9H,5,10-11H2. The Morgan fingerprint density at radius 2 is 1.47 bits per heavy atom. The van der Waals surface area contributed by atoms with Crippen LogP contribution in [0.1, 0.15) is 17.6 Å². The van der Waals surface area contributed by atoms with Crippen LogP contribution in [-0.4, -0.2) is 16.4 Å². The predicted octanol–water partition coefficient (Wildman–Crippen LogP) is 4.45. The van der Waals surface area contributed by atoms with Crippen molar-refractivity contribution in [1.29, 1.82) is 0 Å². The third-order valence-corrected chi connectivity index (χ3v) is 3.62. The van der Waals surface area contributed by atoms with Gasteiger partial charge in [-0.1, -0.05) is 36.4 Å². The number of benzene rings is 2. The van der Waals surface area contributed by atoms with E-state index in [0.29, 0.717) is 18.7 Å². The molecule has 2 nitrogen and oxygen atoms in total. The number of para-hydroxylation sites is 2. The van der Waals surface area contributed by atoms with Gasteiger partial charge < -0.3 is 0 Å². The Morgan fingerprint density at radius 1 is 0.947 bits per heavy atom. The largest absolute Gasteiger partial charge is 0.280 e. The highest BCUT2D eigenvalue weighted by Crippen LogP contribution is 2.28. The van der Waals surface area contributed by atoms with Crippen LogP contribution >= 0.6 is 11.6 Å². The van der Waals surface area contributed by atoms with Gasteiger partial charge in [0.15, 0.2) is 0 Å². The zero-order chi connectivity index (χ0) is 13.2. The maximum Gasteiger partial charge on any atom is 0.231 e. The minimum atomic E-state index is 0.109. The number of aromatic nitrogens is 1. The van der Waals surface area contributed by atoms with E-state index in [1.165, 1.54) is 0 Å². The molecule has 19 heavy (non-hydrogen) atoms. The van der Waals surface area contributed by atoms with Crippen molar-refractivity contribution in [3.8, 4) is 0 Å². The number of rotatable bonds is 3. The Bertz CT molecular complexity index is 691. The van der Waals surface area contributed by atoms with Crippen molar-refractivity contribution in [3.63, 3.8) is 0 Å². The van der Waals surface area contributed by atoms with Crippen molar-refractivity contribution in [2.45, 2.75) is 12.8 Å². The monoisotopic (exact) mass is 271 g/mol. The number of nitrogens with zero attached hydrogens (tertiary/aromatic N) is 1. The van der Waals surface area contributed by atoms with Gasteiger partial charge in [-0.25, -0.2) is 0 Å². The van der Waals surface area contributed by atoms with Crippen molar-refractivity contribution in [2.24, 2.45) is 0 Å². The summed E-state index contributed by atoms with van der Waals surface area (Å²) in [7, 11) is 0. The zero-order valence-electron chi connectivity index (χ0n) is 10.5. The first-order chi connectivity index (χ1) is 9.33. The lowest BCUT2D eigenvalue weighted by Gasteiger charge is -2.04. The molecule has 96 valence electrons. The number of alkyl halides is 1. The van der Waals surface area contributed by atoms with Gasteiger partial charge in [0.1, 0.15) is 0 Å². The molecule has 0 radical (unpaired) electrons. The van der Waals surface area contributed by atoms with Crippen LogP contribution in [0.5, 0.6) is 0 Å². The van der Waals surface area contributed by atoms with Crippen LogP contribution < -0.4 is 0 Å². The van der Waals surface area contributed by atoms with Gasteiger partial charge in [-0.05, 0) is 18.6 Å². The second kappa shape index (κ2) is 5.06. The lowest BCUT2D eigenvalue weighted by atomic mass is 10.2. The number of fused-ring (bicyclic) bond motifs is 3. The van der Waals surface area contributed by atoms with Crippen LogP contribution in [0.3, 0.4) is 0 Å². The number of hydrogen-bond donors (Lipinski definition) is 0. The molecule has 1 heterocycles. The first-order valence-electron chi connectivity index (χ1n) is 6.40. The Labute approximate surface area is 116 Å². The van der Waals surface area contributed by atoms with Crippen LogP contribution in [0.25, 0.3) is 21.8 Å². The summed E-state index contributed by atoms with van der Waals surface area (Å²) in [4.78, 5) is 12.4. The molecule has 3 heteroatoms. The molecule has 0 saturated carbocycles. The average molecular weight is 272 g/mol. The van der Waals surface area contributed by atoms with Crippen LogP contribution in [0, 0.1) is 0 Å². The van der Waals surface area contributed by atoms with Crippen LogP contribution in [-0.2, 0) is 0 Å². The average Bonchev–Trinajstić information content (AvgIpc) is 2.79. The SMILES string of the molecule is O=C(CCCCl)n1c2ccccc2c2ccccc21. The van der Waals surface area contributed by atoms with Gasteiger partial charge in [-0.3, -0.25) is 9.36 Å². The highest BCUT2D eigenvalue weighted by Gasteiger charge is 2.14. The summed E-state index contributed by atoms with van der Waals surface area (Å²) in [5.41, 5.74) is 1.95. The first-order valence-corrected chi connectivity index (χ1v) is 6.93. The Balaban J connectivity index is 2.27. The molecule has 0 fully saturated rings. The second-order valence-electron chi connectivity index (χ2n) is 4.56. The summed E-state index contributed by atoms with van der Waals surface area (Å²) >= 11 is 5.68. The van der Waals surface area contributed by atoms with Crippen molar-refractivity contribution >= 4 is 39.3 Å². The van der Waals surface area contributed by atoms with Crippen molar-refractivity contribution in [2.75, 3.05) is 5.88 Å². The summed E-state index contributed by atoms with van der Waals surface area (Å²) in [6.45, 7) is 0. The summed E-state index contributed by atoms with van der Waals surface area (Å²) in [5.74, 6) is 0.626. The molecule has 0 amide bonds. The summed E-state index contributed by atoms with van der Waals surface area (Å²) in [6, 6.07) is 16.0. The molecule has 0 bridgehead atoms. The Hall–Kier alpha value is -1.80. The first kappa shape index (κ1) is 12.2. The molecule has 1 aromatic heterocycles. The maximum atomic E-state index is 12.4. The number of hydrogen-bond acceptors (Lipinski definition) is 1. The normalized spacial score (nSPS) is 11.2. The van der Waals surface area contributed by atoms with E-state index in [1.54, 1.807) is 0 Å². The fraction of sp³-hybridized carbons (Fsp3) is 0.188. The van der Waals surface area contributed by atoms with E-state index >= 15 is 0 Å². The van der Waals surface area contributed by atoms with Gasteiger partial charge in [0.25, 0.3) is 0 Å². The molecule has 0 aliphatic heterocycles. The molecule has 0 N–H and O–H groups in total. The Kier molecular flexibility index (Phi) is 3.26. The molecule has 3 rings (SSSR count). The molecule has 0 aliphatic carbocycles. The predicted molar refractivity (Wildman–Crippen MR) is 80.0 cm³/mol. The number of carbonyl (C=O) groups is 1. The molecular formula is C16H14ClNO. The smallest absolute Gasteiger partial charge is 0.231 e. The van der Waals surface area contributed by atoms with E-state index in [2.05, 4.69) is 12.1 Å². The van der Waals surface area contributed by atoms with E-state index in [9.17, 15) is 4.79 Å². The summed E-state index contributed by atoms with van der Waals surface area (Å²) in [6.07, 6.45) is 1.19. The number of carbonyl (C=O) groups excluding carboxylic acids is 1. The minimum absolute atomic E-state index is 0.109. The fourth-order valence-electron chi connectivity index (χ4n) is 2.52. The molecule has 0 saturated heterocycles. The van der Waals surface area contributed by atoms with Crippen molar-refractivity contribution in [3.05, 3.63) is 48.5 Å². The highest BCUT2D eigenvalue weighted by molar-refractivity contribution is 6.18. The van der Waals surface area contributed by atoms with E-state index in [-0.39, 0.29) is 5.91 Å². The van der Waals surface area contributed by atoms with Gasteiger partial charge >= 0.3 is 0 Å².